The molecule has 0 aromatic heterocycles. The Labute approximate surface area is 105 Å². The second kappa shape index (κ2) is 5.09. The maximum absolute atomic E-state index is 5.87. The highest BCUT2D eigenvalue weighted by molar-refractivity contribution is 5.49. The fourth-order valence-corrected chi connectivity index (χ4v) is 2.76. The summed E-state index contributed by atoms with van der Waals surface area (Å²) in [6.07, 6.45) is 2.61. The number of benzene rings is 1. The summed E-state index contributed by atoms with van der Waals surface area (Å²) in [5.41, 5.74) is 8.43. The van der Waals surface area contributed by atoms with Crippen molar-refractivity contribution in [3.63, 3.8) is 0 Å². The highest BCUT2D eigenvalue weighted by Crippen LogP contribution is 2.28. The molecule has 2 nitrogen and oxygen atoms in total. The lowest BCUT2D eigenvalue weighted by molar-refractivity contribution is 0.378. The molecule has 1 aromatic rings. The molecule has 2 heteroatoms. The summed E-state index contributed by atoms with van der Waals surface area (Å²) in [6.45, 7) is 7.89. The molecule has 2 unspecified atom stereocenters. The van der Waals surface area contributed by atoms with Crippen molar-refractivity contribution >= 4 is 5.69 Å². The third-order valence-electron chi connectivity index (χ3n) is 3.89. The van der Waals surface area contributed by atoms with Gasteiger partial charge in [-0.3, -0.25) is 0 Å². The van der Waals surface area contributed by atoms with Crippen LogP contribution in [0.2, 0.25) is 0 Å². The van der Waals surface area contributed by atoms with Gasteiger partial charge in [0.2, 0.25) is 0 Å². The number of piperidine rings is 1. The van der Waals surface area contributed by atoms with Crippen molar-refractivity contribution in [1.82, 2.24) is 0 Å². The van der Waals surface area contributed by atoms with Crippen molar-refractivity contribution in [2.24, 2.45) is 11.7 Å². The zero-order valence-electron chi connectivity index (χ0n) is 11.2. The van der Waals surface area contributed by atoms with Gasteiger partial charge < -0.3 is 10.6 Å². The third-order valence-corrected chi connectivity index (χ3v) is 3.89. The van der Waals surface area contributed by atoms with E-state index >= 15 is 0 Å². The Kier molecular flexibility index (Phi) is 3.72. The molecule has 1 aliphatic rings. The molecule has 0 bridgehead atoms. The lowest BCUT2D eigenvalue weighted by atomic mass is 9.93. The molecule has 0 spiro atoms. The minimum atomic E-state index is 0.128. The second-order valence-electron chi connectivity index (χ2n) is 5.55. The first-order valence-electron chi connectivity index (χ1n) is 6.70. The maximum atomic E-state index is 5.87. The van der Waals surface area contributed by atoms with E-state index in [9.17, 15) is 0 Å². The molecule has 0 amide bonds. The Balaban J connectivity index is 2.11. The van der Waals surface area contributed by atoms with E-state index in [1.54, 1.807) is 0 Å². The van der Waals surface area contributed by atoms with Crippen LogP contribution in [0.3, 0.4) is 0 Å². The molecule has 3 atom stereocenters. The van der Waals surface area contributed by atoms with Gasteiger partial charge in [0.15, 0.2) is 0 Å². The van der Waals surface area contributed by atoms with Gasteiger partial charge in [0.1, 0.15) is 0 Å². The van der Waals surface area contributed by atoms with Crippen LogP contribution in [0.25, 0.3) is 0 Å². The zero-order valence-corrected chi connectivity index (χ0v) is 11.2. The average molecular weight is 232 g/mol. The monoisotopic (exact) mass is 232 g/mol. The van der Waals surface area contributed by atoms with Crippen molar-refractivity contribution in [2.45, 2.75) is 45.7 Å². The highest BCUT2D eigenvalue weighted by atomic mass is 15.2. The van der Waals surface area contributed by atoms with Crippen LogP contribution in [0.15, 0.2) is 24.3 Å². The quantitative estimate of drug-likeness (QED) is 0.847. The van der Waals surface area contributed by atoms with Gasteiger partial charge in [-0.15, -0.1) is 0 Å². The molecule has 1 saturated heterocycles. The molecular weight excluding hydrogens is 208 g/mol. The van der Waals surface area contributed by atoms with E-state index in [0.29, 0.717) is 6.04 Å². The predicted molar refractivity (Wildman–Crippen MR) is 74.3 cm³/mol. The predicted octanol–water partition coefficient (Wildman–Crippen LogP) is 3.33. The molecule has 1 fully saturated rings. The van der Waals surface area contributed by atoms with E-state index in [0.717, 1.165) is 5.92 Å². The Bertz CT molecular complexity index is 356. The van der Waals surface area contributed by atoms with Crippen LogP contribution in [0.5, 0.6) is 0 Å². The van der Waals surface area contributed by atoms with Gasteiger partial charge in [-0.05, 0) is 50.3 Å². The van der Waals surface area contributed by atoms with Gasteiger partial charge in [-0.25, -0.2) is 0 Å². The Morgan fingerprint density at radius 3 is 2.41 bits per heavy atom. The molecule has 2 rings (SSSR count). The van der Waals surface area contributed by atoms with Crippen LogP contribution in [0.4, 0.5) is 5.69 Å². The smallest absolute Gasteiger partial charge is 0.0368 e. The number of anilines is 1. The summed E-state index contributed by atoms with van der Waals surface area (Å²) in [7, 11) is 0. The van der Waals surface area contributed by atoms with Crippen molar-refractivity contribution in [3.05, 3.63) is 29.8 Å². The molecule has 0 saturated carbocycles. The number of nitrogens with zero attached hydrogens (tertiary/aromatic N) is 1. The molecule has 1 aromatic carbocycles. The number of hydrogen-bond donors (Lipinski definition) is 1. The van der Waals surface area contributed by atoms with Crippen LogP contribution in [0, 0.1) is 5.92 Å². The molecule has 0 radical (unpaired) electrons. The Morgan fingerprint density at radius 1 is 1.24 bits per heavy atom. The Hall–Kier alpha value is -1.02. The molecular formula is C15H24N2. The largest absolute Gasteiger partial charge is 0.369 e. The molecule has 94 valence electrons. The fraction of sp³-hybridized carbons (Fsp3) is 0.600. The SMILES string of the molecule is CC1CCN(c2ccc([C@H](C)N)cc2)C(C)C1. The second-order valence-corrected chi connectivity index (χ2v) is 5.55. The summed E-state index contributed by atoms with van der Waals surface area (Å²) < 4.78 is 0. The van der Waals surface area contributed by atoms with Crippen LogP contribution in [0.1, 0.15) is 45.2 Å². The topological polar surface area (TPSA) is 29.3 Å². The first-order chi connectivity index (χ1) is 8.08. The van der Waals surface area contributed by atoms with Crippen molar-refractivity contribution in [3.8, 4) is 0 Å². The normalized spacial score (nSPS) is 26.9. The van der Waals surface area contributed by atoms with Gasteiger partial charge in [-0.1, -0.05) is 19.1 Å². The Morgan fingerprint density at radius 2 is 1.88 bits per heavy atom. The lowest BCUT2D eigenvalue weighted by Gasteiger charge is -2.38. The molecule has 1 aliphatic heterocycles. The lowest BCUT2D eigenvalue weighted by Crippen LogP contribution is -2.40. The number of hydrogen-bond acceptors (Lipinski definition) is 2. The summed E-state index contributed by atoms with van der Waals surface area (Å²) >= 11 is 0. The number of nitrogens with two attached hydrogens (primary N) is 1. The third kappa shape index (κ3) is 2.81. The van der Waals surface area contributed by atoms with Crippen LogP contribution >= 0.6 is 0 Å². The van der Waals surface area contributed by atoms with Crippen molar-refractivity contribution in [2.75, 3.05) is 11.4 Å². The van der Waals surface area contributed by atoms with Gasteiger partial charge >= 0.3 is 0 Å². The summed E-state index contributed by atoms with van der Waals surface area (Å²) in [4.78, 5) is 2.52. The van der Waals surface area contributed by atoms with E-state index in [1.165, 1.54) is 30.6 Å². The highest BCUT2D eigenvalue weighted by Gasteiger charge is 2.22. The molecule has 0 aliphatic carbocycles. The van der Waals surface area contributed by atoms with E-state index < -0.39 is 0 Å². The summed E-state index contributed by atoms with van der Waals surface area (Å²) in [5, 5.41) is 0. The molecule has 1 heterocycles. The zero-order chi connectivity index (χ0) is 12.4. The number of rotatable bonds is 2. The average Bonchev–Trinajstić information content (AvgIpc) is 2.29. The van der Waals surface area contributed by atoms with Gasteiger partial charge in [-0.2, -0.15) is 0 Å². The minimum absolute atomic E-state index is 0.128. The van der Waals surface area contributed by atoms with E-state index in [-0.39, 0.29) is 6.04 Å². The first-order valence-corrected chi connectivity index (χ1v) is 6.70. The fourth-order valence-electron chi connectivity index (χ4n) is 2.76. The van der Waals surface area contributed by atoms with Crippen molar-refractivity contribution < 1.29 is 0 Å². The van der Waals surface area contributed by atoms with Crippen LogP contribution < -0.4 is 10.6 Å². The maximum Gasteiger partial charge on any atom is 0.0368 e. The summed E-state index contributed by atoms with van der Waals surface area (Å²) in [6, 6.07) is 9.52. The van der Waals surface area contributed by atoms with Gasteiger partial charge in [0.25, 0.3) is 0 Å². The van der Waals surface area contributed by atoms with Crippen LogP contribution in [-0.4, -0.2) is 12.6 Å². The minimum Gasteiger partial charge on any atom is -0.369 e. The standard InChI is InChI=1S/C15H24N2/c1-11-8-9-17(12(2)10-11)15-6-4-14(5-7-15)13(3)16/h4-7,11-13H,8-10,16H2,1-3H3/t11?,12?,13-/m0/s1. The van der Waals surface area contributed by atoms with Crippen molar-refractivity contribution in [1.29, 1.82) is 0 Å². The van der Waals surface area contributed by atoms with Crippen LogP contribution in [-0.2, 0) is 0 Å². The molecule has 17 heavy (non-hydrogen) atoms. The van der Waals surface area contributed by atoms with E-state index in [2.05, 4.69) is 43.0 Å². The van der Waals surface area contributed by atoms with E-state index in [1.807, 2.05) is 6.92 Å². The first kappa shape index (κ1) is 12.4. The summed E-state index contributed by atoms with van der Waals surface area (Å²) in [5.74, 6) is 0.865. The van der Waals surface area contributed by atoms with E-state index in [4.69, 9.17) is 5.73 Å². The van der Waals surface area contributed by atoms with Gasteiger partial charge in [0, 0.05) is 24.3 Å². The van der Waals surface area contributed by atoms with Gasteiger partial charge in [0.05, 0.1) is 0 Å². The molecule has 2 N–H and O–H groups in total.